The molecule has 1 aliphatic heterocycles. The van der Waals surface area contributed by atoms with Crippen molar-refractivity contribution in [1.82, 2.24) is 4.98 Å². The summed E-state index contributed by atoms with van der Waals surface area (Å²) in [4.78, 5) is 3.82. The van der Waals surface area contributed by atoms with E-state index in [1.807, 2.05) is 0 Å². The maximum Gasteiger partial charge on any atom is 0.181 e. The molecule has 0 bridgehead atoms. The van der Waals surface area contributed by atoms with E-state index in [2.05, 4.69) is 4.98 Å². The molecule has 0 aliphatic carbocycles. The Hall–Kier alpha value is -0.880. The highest BCUT2D eigenvalue weighted by atomic mass is 32.2. The van der Waals surface area contributed by atoms with E-state index in [1.54, 1.807) is 0 Å². The van der Waals surface area contributed by atoms with Crippen LogP contribution in [0.1, 0.15) is 23.8 Å². The molecule has 1 aromatic heterocycles. The van der Waals surface area contributed by atoms with Gasteiger partial charge >= 0.3 is 0 Å². The van der Waals surface area contributed by atoms with Crippen molar-refractivity contribution in [2.24, 2.45) is 0 Å². The van der Waals surface area contributed by atoms with Gasteiger partial charge in [0.1, 0.15) is 11.5 Å². The van der Waals surface area contributed by atoms with E-state index in [0.717, 1.165) is 0 Å². The first kappa shape index (κ1) is 9.67. The molecule has 14 heavy (non-hydrogen) atoms. The average molecular weight is 217 g/mol. The summed E-state index contributed by atoms with van der Waals surface area (Å²) in [5.74, 6) is 0.691. The van der Waals surface area contributed by atoms with Crippen molar-refractivity contribution in [3.63, 3.8) is 0 Å². The number of rotatable bonds is 2. The van der Waals surface area contributed by atoms with Crippen LogP contribution in [0.25, 0.3) is 0 Å². The summed E-state index contributed by atoms with van der Waals surface area (Å²) < 4.78 is 27.5. The molecule has 78 valence electrons. The molecule has 1 saturated heterocycles. The SMILES string of the molecule is O=S1(=O)CCC(c2ocnc2CO)C1. The van der Waals surface area contributed by atoms with Gasteiger partial charge in [-0.2, -0.15) is 0 Å². The Bertz CT molecular complexity index is 422. The van der Waals surface area contributed by atoms with Crippen LogP contribution in [0.3, 0.4) is 0 Å². The predicted octanol–water partition coefficient (Wildman–Crippen LogP) is 0.0690. The van der Waals surface area contributed by atoms with Crippen LogP contribution in [0.2, 0.25) is 0 Å². The lowest BCUT2D eigenvalue weighted by Gasteiger charge is -2.03. The number of oxazole rings is 1. The van der Waals surface area contributed by atoms with Crippen LogP contribution in [0, 0.1) is 0 Å². The normalized spacial score (nSPS) is 25.4. The van der Waals surface area contributed by atoms with E-state index >= 15 is 0 Å². The number of nitrogens with zero attached hydrogens (tertiary/aromatic N) is 1. The third kappa shape index (κ3) is 1.67. The maximum absolute atomic E-state index is 11.2. The summed E-state index contributed by atoms with van der Waals surface area (Å²) in [5, 5.41) is 8.93. The van der Waals surface area contributed by atoms with E-state index in [-0.39, 0.29) is 24.0 Å². The quantitative estimate of drug-likeness (QED) is 0.758. The van der Waals surface area contributed by atoms with Gasteiger partial charge in [-0.05, 0) is 6.42 Å². The Balaban J connectivity index is 2.25. The monoisotopic (exact) mass is 217 g/mol. The van der Waals surface area contributed by atoms with Crippen LogP contribution in [-0.2, 0) is 16.4 Å². The summed E-state index contributed by atoms with van der Waals surface area (Å²) in [7, 11) is -2.92. The molecule has 5 nitrogen and oxygen atoms in total. The van der Waals surface area contributed by atoms with Crippen LogP contribution in [0.5, 0.6) is 0 Å². The van der Waals surface area contributed by atoms with Crippen molar-refractivity contribution in [2.75, 3.05) is 11.5 Å². The Morgan fingerprint density at radius 3 is 3.00 bits per heavy atom. The molecule has 0 saturated carbocycles. The van der Waals surface area contributed by atoms with Gasteiger partial charge in [0.15, 0.2) is 16.2 Å². The molecule has 1 N–H and O–H groups in total. The number of sulfone groups is 1. The molecule has 1 fully saturated rings. The summed E-state index contributed by atoms with van der Waals surface area (Å²) in [6.45, 7) is -0.206. The zero-order valence-corrected chi connectivity index (χ0v) is 8.33. The average Bonchev–Trinajstić information content (AvgIpc) is 2.70. The zero-order chi connectivity index (χ0) is 10.2. The highest BCUT2D eigenvalue weighted by Gasteiger charge is 2.32. The van der Waals surface area contributed by atoms with Crippen molar-refractivity contribution < 1.29 is 17.9 Å². The van der Waals surface area contributed by atoms with Crippen molar-refractivity contribution in [3.8, 4) is 0 Å². The van der Waals surface area contributed by atoms with Crippen molar-refractivity contribution in [3.05, 3.63) is 17.8 Å². The summed E-state index contributed by atoms with van der Waals surface area (Å²) in [6, 6.07) is 0. The van der Waals surface area contributed by atoms with Gasteiger partial charge < -0.3 is 9.52 Å². The molecular formula is C8H11NO4S. The second kappa shape index (κ2) is 3.36. The van der Waals surface area contributed by atoms with E-state index in [0.29, 0.717) is 17.9 Å². The molecule has 2 heterocycles. The van der Waals surface area contributed by atoms with Crippen LogP contribution < -0.4 is 0 Å². The van der Waals surface area contributed by atoms with Gasteiger partial charge in [-0.1, -0.05) is 0 Å². The molecule has 0 aromatic carbocycles. The van der Waals surface area contributed by atoms with Gasteiger partial charge in [-0.15, -0.1) is 0 Å². The van der Waals surface area contributed by atoms with E-state index in [1.165, 1.54) is 6.39 Å². The first-order chi connectivity index (χ1) is 6.62. The third-order valence-corrected chi connectivity index (χ3v) is 4.19. The number of hydrogen-bond donors (Lipinski definition) is 1. The standard InChI is InChI=1S/C8H11NO4S/c10-3-7-8(13-5-9-7)6-1-2-14(11,12)4-6/h5-6,10H,1-4H2. The molecule has 1 aliphatic rings. The molecule has 6 heteroatoms. The van der Waals surface area contributed by atoms with E-state index in [4.69, 9.17) is 9.52 Å². The molecule has 1 atom stereocenters. The van der Waals surface area contributed by atoms with Gasteiger partial charge in [0.2, 0.25) is 0 Å². The van der Waals surface area contributed by atoms with Crippen LogP contribution in [0.15, 0.2) is 10.8 Å². The van der Waals surface area contributed by atoms with Gasteiger partial charge in [0, 0.05) is 5.92 Å². The summed E-state index contributed by atoms with van der Waals surface area (Å²) >= 11 is 0. The number of aliphatic hydroxyl groups excluding tert-OH is 1. The van der Waals surface area contributed by atoms with Gasteiger partial charge in [-0.3, -0.25) is 0 Å². The second-order valence-electron chi connectivity index (χ2n) is 3.42. The van der Waals surface area contributed by atoms with Crippen LogP contribution >= 0.6 is 0 Å². The summed E-state index contributed by atoms with van der Waals surface area (Å²) in [6.07, 6.45) is 1.80. The van der Waals surface area contributed by atoms with Crippen LogP contribution in [-0.4, -0.2) is 30.0 Å². The molecule has 0 radical (unpaired) electrons. The third-order valence-electron chi connectivity index (χ3n) is 2.43. The fourth-order valence-corrected chi connectivity index (χ4v) is 3.47. The lowest BCUT2D eigenvalue weighted by Crippen LogP contribution is -2.05. The highest BCUT2D eigenvalue weighted by molar-refractivity contribution is 7.91. The fourth-order valence-electron chi connectivity index (χ4n) is 1.73. The van der Waals surface area contributed by atoms with Gasteiger partial charge in [0.25, 0.3) is 0 Å². The topological polar surface area (TPSA) is 80.4 Å². The smallest absolute Gasteiger partial charge is 0.181 e. The van der Waals surface area contributed by atoms with E-state index in [9.17, 15) is 8.42 Å². The van der Waals surface area contributed by atoms with E-state index < -0.39 is 9.84 Å². The minimum absolute atomic E-state index is 0.106. The molecular weight excluding hydrogens is 206 g/mol. The number of hydrogen-bond acceptors (Lipinski definition) is 5. The number of aromatic nitrogens is 1. The second-order valence-corrected chi connectivity index (χ2v) is 5.65. The minimum Gasteiger partial charge on any atom is -0.448 e. The highest BCUT2D eigenvalue weighted by Crippen LogP contribution is 2.30. The zero-order valence-electron chi connectivity index (χ0n) is 7.51. The van der Waals surface area contributed by atoms with Crippen molar-refractivity contribution in [2.45, 2.75) is 18.9 Å². The van der Waals surface area contributed by atoms with Gasteiger partial charge in [-0.25, -0.2) is 13.4 Å². The van der Waals surface area contributed by atoms with Gasteiger partial charge in [0.05, 0.1) is 18.1 Å². The summed E-state index contributed by atoms with van der Waals surface area (Å²) in [5.41, 5.74) is 0.451. The minimum atomic E-state index is -2.92. The Labute approximate surface area is 81.7 Å². The molecule has 1 aromatic rings. The Kier molecular flexibility index (Phi) is 2.32. The lowest BCUT2D eigenvalue weighted by molar-refractivity contribution is 0.273. The lowest BCUT2D eigenvalue weighted by atomic mass is 10.0. The molecule has 0 amide bonds. The molecule has 1 unspecified atom stereocenters. The number of aliphatic hydroxyl groups is 1. The maximum atomic E-state index is 11.2. The Morgan fingerprint density at radius 1 is 1.64 bits per heavy atom. The molecule has 0 spiro atoms. The fraction of sp³-hybridized carbons (Fsp3) is 0.625. The first-order valence-electron chi connectivity index (χ1n) is 4.36. The van der Waals surface area contributed by atoms with Crippen molar-refractivity contribution in [1.29, 1.82) is 0 Å². The molecule has 2 rings (SSSR count). The van der Waals surface area contributed by atoms with Crippen LogP contribution in [0.4, 0.5) is 0 Å². The Morgan fingerprint density at radius 2 is 2.43 bits per heavy atom. The first-order valence-corrected chi connectivity index (χ1v) is 6.18. The van der Waals surface area contributed by atoms with Crippen molar-refractivity contribution >= 4 is 9.84 Å². The predicted molar refractivity (Wildman–Crippen MR) is 48.4 cm³/mol. The largest absolute Gasteiger partial charge is 0.448 e.